The molecule has 0 aromatic heterocycles. The number of carbonyl (C=O) groups is 5. The fourth-order valence-electron chi connectivity index (χ4n) is 3.74. The number of carboxylic acids is 2. The lowest BCUT2D eigenvalue weighted by Crippen LogP contribution is -2.30. The molecule has 0 spiro atoms. The van der Waals surface area contributed by atoms with Crippen LogP contribution in [0.2, 0.25) is 0 Å². The average molecular weight is 505 g/mol. The molecule has 0 atom stereocenters. The number of carboxylic acid groups (broad SMARTS) is 2. The van der Waals surface area contributed by atoms with E-state index in [1.54, 1.807) is 48.5 Å². The Hall–Kier alpha value is -4.44. The van der Waals surface area contributed by atoms with E-state index in [1.165, 1.54) is 28.8 Å². The lowest BCUT2D eigenvalue weighted by Gasteiger charge is -2.13. The molecule has 1 aliphatic rings. The molecule has 0 saturated carbocycles. The van der Waals surface area contributed by atoms with Crippen LogP contribution in [-0.4, -0.2) is 57.1 Å². The molecule has 3 amide bonds. The summed E-state index contributed by atoms with van der Waals surface area (Å²) in [5.41, 5.74) is 0.515. The predicted molar refractivity (Wildman–Crippen MR) is 132 cm³/mol. The number of fused-ring (bicyclic) bond motifs is 1. The monoisotopic (exact) mass is 504 g/mol. The van der Waals surface area contributed by atoms with Crippen molar-refractivity contribution in [1.29, 1.82) is 0 Å². The Morgan fingerprint density at radius 3 is 2.03 bits per heavy atom. The first kappa shape index (κ1) is 24.7. The molecule has 10 heteroatoms. The van der Waals surface area contributed by atoms with Crippen LogP contribution in [0.5, 0.6) is 0 Å². The van der Waals surface area contributed by atoms with Gasteiger partial charge in [-0.3, -0.25) is 19.3 Å². The van der Waals surface area contributed by atoms with Gasteiger partial charge in [0.25, 0.3) is 17.7 Å². The number of amides is 3. The third kappa shape index (κ3) is 5.13. The molecule has 0 aliphatic carbocycles. The molecule has 4 rings (SSSR count). The van der Waals surface area contributed by atoms with E-state index in [0.29, 0.717) is 35.5 Å². The van der Waals surface area contributed by atoms with Gasteiger partial charge in [-0.05, 0) is 66.8 Å². The molecule has 3 aromatic carbocycles. The van der Waals surface area contributed by atoms with Crippen molar-refractivity contribution in [3.05, 3.63) is 94.5 Å². The zero-order valence-corrected chi connectivity index (χ0v) is 19.6. The van der Waals surface area contributed by atoms with Crippen LogP contribution < -0.4 is 5.32 Å². The van der Waals surface area contributed by atoms with E-state index < -0.39 is 23.4 Å². The SMILES string of the molecule is O=C(O)c1ccc(C(=O)Nc2ccc(SCCCN3C(=O)c4ccccc4C3=O)cc2)c(C(=O)O)c1. The topological polar surface area (TPSA) is 141 Å². The van der Waals surface area contributed by atoms with E-state index in [9.17, 15) is 29.1 Å². The molecule has 0 fully saturated rings. The van der Waals surface area contributed by atoms with Crippen LogP contribution in [0.4, 0.5) is 5.69 Å². The maximum absolute atomic E-state index is 12.6. The van der Waals surface area contributed by atoms with Crippen molar-refractivity contribution in [2.24, 2.45) is 0 Å². The summed E-state index contributed by atoms with van der Waals surface area (Å²) in [5, 5.41) is 21.0. The van der Waals surface area contributed by atoms with Gasteiger partial charge in [0.15, 0.2) is 0 Å². The molecule has 36 heavy (non-hydrogen) atoms. The molecule has 3 N–H and O–H groups in total. The van der Waals surface area contributed by atoms with Gasteiger partial charge >= 0.3 is 11.9 Å². The Kier molecular flexibility index (Phi) is 7.16. The van der Waals surface area contributed by atoms with Gasteiger partial charge < -0.3 is 15.5 Å². The summed E-state index contributed by atoms with van der Waals surface area (Å²) in [6.07, 6.45) is 0.610. The van der Waals surface area contributed by atoms with Crippen molar-refractivity contribution in [3.63, 3.8) is 0 Å². The third-order valence-corrected chi connectivity index (χ3v) is 6.63. The number of imide groups is 1. The number of hydrogen-bond acceptors (Lipinski definition) is 6. The van der Waals surface area contributed by atoms with Crippen LogP contribution in [0.1, 0.15) is 58.2 Å². The Labute approximate surface area is 209 Å². The normalized spacial score (nSPS) is 12.4. The first-order chi connectivity index (χ1) is 17.3. The molecule has 0 unspecified atom stereocenters. The van der Waals surface area contributed by atoms with E-state index in [2.05, 4.69) is 5.32 Å². The summed E-state index contributed by atoms with van der Waals surface area (Å²) in [6, 6.07) is 16.9. The minimum atomic E-state index is -1.41. The van der Waals surface area contributed by atoms with E-state index in [4.69, 9.17) is 5.11 Å². The highest BCUT2D eigenvalue weighted by atomic mass is 32.2. The zero-order chi connectivity index (χ0) is 25.8. The molecule has 0 radical (unpaired) electrons. The van der Waals surface area contributed by atoms with Gasteiger partial charge in [-0.25, -0.2) is 9.59 Å². The fourth-order valence-corrected chi connectivity index (χ4v) is 4.58. The molecular formula is C26H20N2O7S. The highest BCUT2D eigenvalue weighted by Gasteiger charge is 2.34. The summed E-state index contributed by atoms with van der Waals surface area (Å²) >= 11 is 1.53. The number of carbonyl (C=O) groups excluding carboxylic acids is 3. The van der Waals surface area contributed by atoms with E-state index >= 15 is 0 Å². The Morgan fingerprint density at radius 2 is 1.44 bits per heavy atom. The van der Waals surface area contributed by atoms with Crippen LogP contribution in [0, 0.1) is 0 Å². The second-order valence-corrected chi connectivity index (χ2v) is 9.03. The number of aromatic carboxylic acids is 2. The molecule has 182 valence electrons. The molecule has 1 heterocycles. The lowest BCUT2D eigenvalue weighted by atomic mass is 10.0. The molecule has 9 nitrogen and oxygen atoms in total. The summed E-state index contributed by atoms with van der Waals surface area (Å²) < 4.78 is 0. The number of nitrogens with one attached hydrogen (secondary N) is 1. The molecular weight excluding hydrogens is 484 g/mol. The zero-order valence-electron chi connectivity index (χ0n) is 18.8. The number of thioether (sulfide) groups is 1. The van der Waals surface area contributed by atoms with E-state index in [1.807, 2.05) is 0 Å². The van der Waals surface area contributed by atoms with Gasteiger partial charge in [-0.2, -0.15) is 0 Å². The van der Waals surface area contributed by atoms with Crippen LogP contribution in [0.25, 0.3) is 0 Å². The van der Waals surface area contributed by atoms with Crippen LogP contribution in [-0.2, 0) is 0 Å². The quantitative estimate of drug-likeness (QED) is 0.225. The van der Waals surface area contributed by atoms with Crippen molar-refractivity contribution >= 4 is 47.1 Å². The van der Waals surface area contributed by atoms with Gasteiger partial charge in [0.2, 0.25) is 0 Å². The number of nitrogens with zero attached hydrogens (tertiary/aromatic N) is 1. The van der Waals surface area contributed by atoms with Gasteiger partial charge in [-0.1, -0.05) is 12.1 Å². The Morgan fingerprint density at radius 1 is 0.806 bits per heavy atom. The van der Waals surface area contributed by atoms with E-state index in [0.717, 1.165) is 11.0 Å². The summed E-state index contributed by atoms with van der Waals surface area (Å²) in [5.74, 6) is -3.26. The number of hydrogen-bond donors (Lipinski definition) is 3. The first-order valence-corrected chi connectivity index (χ1v) is 11.8. The summed E-state index contributed by atoms with van der Waals surface area (Å²) in [4.78, 5) is 62.2. The second kappa shape index (κ2) is 10.4. The summed E-state index contributed by atoms with van der Waals surface area (Å²) in [7, 11) is 0. The molecule has 3 aromatic rings. The van der Waals surface area contributed by atoms with Crippen molar-refractivity contribution in [3.8, 4) is 0 Å². The fraction of sp³-hybridized carbons (Fsp3) is 0.115. The van der Waals surface area contributed by atoms with E-state index in [-0.39, 0.29) is 22.9 Å². The maximum atomic E-state index is 12.6. The Bertz CT molecular complexity index is 1350. The highest BCUT2D eigenvalue weighted by molar-refractivity contribution is 7.99. The molecule has 0 saturated heterocycles. The first-order valence-electron chi connectivity index (χ1n) is 10.9. The van der Waals surface area contributed by atoms with Crippen molar-refractivity contribution in [2.75, 3.05) is 17.6 Å². The summed E-state index contributed by atoms with van der Waals surface area (Å²) in [6.45, 7) is 0.320. The highest BCUT2D eigenvalue weighted by Crippen LogP contribution is 2.25. The van der Waals surface area contributed by atoms with Crippen LogP contribution in [0.15, 0.2) is 71.6 Å². The van der Waals surface area contributed by atoms with Gasteiger partial charge in [0.05, 0.1) is 27.8 Å². The predicted octanol–water partition coefficient (Wildman–Crippen LogP) is 4.11. The third-order valence-electron chi connectivity index (χ3n) is 5.53. The second-order valence-electron chi connectivity index (χ2n) is 7.86. The molecule has 0 bridgehead atoms. The lowest BCUT2D eigenvalue weighted by molar-refractivity contribution is 0.0648. The standard InChI is InChI=1S/C26H20N2O7S/c29-22(18-11-6-15(25(32)33)14-21(18)26(34)35)27-16-7-9-17(10-8-16)36-13-3-12-28-23(30)19-4-1-2-5-20(19)24(28)31/h1-2,4-11,14H,3,12-13H2,(H,27,29)(H,32,33)(H,34,35). The van der Waals surface area contributed by atoms with Crippen LogP contribution in [0.3, 0.4) is 0 Å². The number of benzene rings is 3. The van der Waals surface area contributed by atoms with Gasteiger partial charge in [-0.15, -0.1) is 11.8 Å². The molecule has 1 aliphatic heterocycles. The van der Waals surface area contributed by atoms with Gasteiger partial charge in [0, 0.05) is 17.1 Å². The number of anilines is 1. The number of rotatable bonds is 9. The van der Waals surface area contributed by atoms with Crippen molar-refractivity contribution < 1.29 is 34.2 Å². The van der Waals surface area contributed by atoms with Crippen LogP contribution >= 0.6 is 11.8 Å². The minimum Gasteiger partial charge on any atom is -0.478 e. The van der Waals surface area contributed by atoms with Crippen molar-refractivity contribution in [2.45, 2.75) is 11.3 Å². The average Bonchev–Trinajstić information content (AvgIpc) is 3.12. The Balaban J connectivity index is 1.30. The smallest absolute Gasteiger partial charge is 0.336 e. The van der Waals surface area contributed by atoms with Gasteiger partial charge in [0.1, 0.15) is 0 Å². The minimum absolute atomic E-state index is 0.154. The maximum Gasteiger partial charge on any atom is 0.336 e. The largest absolute Gasteiger partial charge is 0.478 e. The van der Waals surface area contributed by atoms with Crippen molar-refractivity contribution in [1.82, 2.24) is 4.90 Å².